The molecule has 19 heteroatoms. The number of unbranched alkanes of at least 4 members (excludes halogenated alkanes) is 53. The number of hydrogen-bond acceptors (Lipinski definition) is 15. The third kappa shape index (κ3) is 76.8. The molecule has 0 rings (SSSR count). The van der Waals surface area contributed by atoms with Gasteiger partial charge in [-0.05, 0) is 37.5 Å². The summed E-state index contributed by atoms with van der Waals surface area (Å²) in [5, 5.41) is 10.6. The topological polar surface area (TPSA) is 237 Å². The summed E-state index contributed by atoms with van der Waals surface area (Å²) in [4.78, 5) is 72.9. The second-order valence-electron chi connectivity index (χ2n) is 31.3. The lowest BCUT2D eigenvalue weighted by molar-refractivity contribution is -0.161. The van der Waals surface area contributed by atoms with E-state index < -0.39 is 97.5 Å². The minimum absolute atomic E-state index is 0.107. The quantitative estimate of drug-likeness (QED) is 0.0222. The molecule has 0 aliphatic carbocycles. The van der Waals surface area contributed by atoms with Crippen LogP contribution in [0.3, 0.4) is 0 Å². The zero-order valence-electron chi connectivity index (χ0n) is 68.3. The van der Waals surface area contributed by atoms with Crippen molar-refractivity contribution >= 4 is 39.5 Å². The lowest BCUT2D eigenvalue weighted by Gasteiger charge is -2.21. The Hall–Kier alpha value is -1.94. The van der Waals surface area contributed by atoms with Crippen molar-refractivity contribution < 1.29 is 80.2 Å². The Morgan fingerprint density at radius 1 is 0.279 bits per heavy atom. The second-order valence-corrected chi connectivity index (χ2v) is 34.2. The Morgan fingerprint density at radius 2 is 0.490 bits per heavy atom. The molecular weight excluding hydrogens is 1350 g/mol. The van der Waals surface area contributed by atoms with Crippen molar-refractivity contribution in [2.24, 2.45) is 11.8 Å². The van der Waals surface area contributed by atoms with Crippen LogP contribution in [0.25, 0.3) is 0 Å². The lowest BCUT2D eigenvalue weighted by atomic mass is 9.99. The summed E-state index contributed by atoms with van der Waals surface area (Å²) in [5.74, 6) is -0.449. The van der Waals surface area contributed by atoms with Crippen LogP contribution in [0.4, 0.5) is 0 Å². The summed E-state index contributed by atoms with van der Waals surface area (Å²) in [7, 11) is -9.91. The highest BCUT2D eigenvalue weighted by Crippen LogP contribution is 2.45. The van der Waals surface area contributed by atoms with Crippen molar-refractivity contribution in [2.45, 2.75) is 471 Å². The number of ether oxygens (including phenoxy) is 4. The SMILES string of the molecule is CCCCCCCCCCCCCCCCCCCCCCC(=O)OC[C@H](COP(=O)(O)OC[C@@H](O)COP(=O)(O)OC[C@@H](COC(=O)CCCCCCC)OC(=O)CCCCCCCCCCCCCCCCC(C)C)OC(=O)CCCCCCCCCCCCCCCCCCCCC(C)CC. The predicted molar refractivity (Wildman–Crippen MR) is 428 cm³/mol. The van der Waals surface area contributed by atoms with E-state index in [2.05, 4.69) is 41.5 Å². The molecule has 0 heterocycles. The van der Waals surface area contributed by atoms with E-state index >= 15 is 0 Å². The summed E-state index contributed by atoms with van der Waals surface area (Å²) in [5.41, 5.74) is 0. The number of carbonyl (C=O) groups excluding carboxylic acids is 4. The average molecular weight is 1520 g/mol. The average Bonchev–Trinajstić information content (AvgIpc) is 0.905. The molecule has 0 amide bonds. The van der Waals surface area contributed by atoms with Gasteiger partial charge in [-0.3, -0.25) is 37.3 Å². The molecule has 0 aromatic rings. The van der Waals surface area contributed by atoms with Crippen molar-refractivity contribution in [3.63, 3.8) is 0 Å². The summed E-state index contributed by atoms with van der Waals surface area (Å²) >= 11 is 0. The first-order valence-electron chi connectivity index (χ1n) is 44.0. The monoisotopic (exact) mass is 1520 g/mol. The van der Waals surface area contributed by atoms with E-state index in [0.29, 0.717) is 25.7 Å². The van der Waals surface area contributed by atoms with Gasteiger partial charge in [0, 0.05) is 25.7 Å². The maximum Gasteiger partial charge on any atom is 0.472 e. The summed E-state index contributed by atoms with van der Waals surface area (Å²) in [6.07, 6.45) is 68.6. The molecule has 3 unspecified atom stereocenters. The Kier molecular flexibility index (Phi) is 75.0. The first kappa shape index (κ1) is 102. The van der Waals surface area contributed by atoms with Gasteiger partial charge in [0.15, 0.2) is 12.2 Å². The standard InChI is InChI=1S/C85H166O17P2/c1-7-10-12-14-15-16-17-18-19-20-21-22-26-29-35-40-45-50-56-62-68-83(88)96-74-81(102-85(90)70-64-57-51-46-41-36-30-27-24-23-25-28-34-39-44-49-55-60-66-78(6)9-3)76-100-104(93,94)98-72-79(86)71-97-103(91,92)99-75-80(73-95-82(87)67-61-53-13-11-8-2)101-84(89)69-63-58-52-47-42-37-32-31-33-38-43-48-54-59-65-77(4)5/h77-81,86H,7-76H2,1-6H3,(H,91,92)(H,93,94)/t78?,79-,80+,81+/m0/s1. The van der Waals surface area contributed by atoms with Gasteiger partial charge in [0.1, 0.15) is 19.3 Å². The molecule has 3 N–H and O–H groups in total. The fraction of sp³-hybridized carbons (Fsp3) is 0.953. The van der Waals surface area contributed by atoms with Gasteiger partial charge in [0.2, 0.25) is 0 Å². The maximum absolute atomic E-state index is 13.1. The van der Waals surface area contributed by atoms with Crippen LogP contribution in [0.2, 0.25) is 0 Å². The highest BCUT2D eigenvalue weighted by molar-refractivity contribution is 7.47. The minimum Gasteiger partial charge on any atom is -0.462 e. The number of rotatable bonds is 84. The van der Waals surface area contributed by atoms with Crippen LogP contribution in [0.15, 0.2) is 0 Å². The molecule has 6 atom stereocenters. The number of carbonyl (C=O) groups is 4. The number of aliphatic hydroxyl groups is 1. The van der Waals surface area contributed by atoms with E-state index in [0.717, 1.165) is 108 Å². The highest BCUT2D eigenvalue weighted by atomic mass is 31.2. The Labute approximate surface area is 638 Å². The highest BCUT2D eigenvalue weighted by Gasteiger charge is 2.30. The van der Waals surface area contributed by atoms with E-state index in [1.807, 2.05) is 0 Å². The van der Waals surface area contributed by atoms with Gasteiger partial charge < -0.3 is 33.8 Å². The molecule has 0 aliphatic rings. The molecule has 618 valence electrons. The van der Waals surface area contributed by atoms with E-state index in [9.17, 15) is 43.2 Å². The van der Waals surface area contributed by atoms with Crippen LogP contribution < -0.4 is 0 Å². The molecule has 0 fully saturated rings. The van der Waals surface area contributed by atoms with E-state index in [1.54, 1.807) is 0 Å². The lowest BCUT2D eigenvalue weighted by Crippen LogP contribution is -2.30. The Bertz CT molecular complexity index is 2000. The fourth-order valence-electron chi connectivity index (χ4n) is 13.2. The van der Waals surface area contributed by atoms with Gasteiger partial charge >= 0.3 is 39.5 Å². The minimum atomic E-state index is -4.96. The molecule has 17 nitrogen and oxygen atoms in total. The molecule has 0 spiro atoms. The Morgan fingerprint density at radius 3 is 0.731 bits per heavy atom. The number of phosphoric ester groups is 2. The number of esters is 4. The molecule has 0 aromatic heterocycles. The van der Waals surface area contributed by atoms with Crippen LogP contribution >= 0.6 is 15.6 Å². The van der Waals surface area contributed by atoms with Crippen molar-refractivity contribution in [1.29, 1.82) is 0 Å². The van der Waals surface area contributed by atoms with Gasteiger partial charge in [-0.1, -0.05) is 401 Å². The van der Waals surface area contributed by atoms with Crippen molar-refractivity contribution in [2.75, 3.05) is 39.6 Å². The maximum atomic E-state index is 13.1. The predicted octanol–water partition coefficient (Wildman–Crippen LogP) is 25.8. The van der Waals surface area contributed by atoms with Gasteiger partial charge in [-0.25, -0.2) is 9.13 Å². The number of hydrogen-bond donors (Lipinski definition) is 3. The van der Waals surface area contributed by atoms with Crippen molar-refractivity contribution in [1.82, 2.24) is 0 Å². The normalized spacial score (nSPS) is 14.1. The number of phosphoric acid groups is 2. The molecule has 104 heavy (non-hydrogen) atoms. The van der Waals surface area contributed by atoms with Crippen LogP contribution in [-0.4, -0.2) is 96.7 Å². The van der Waals surface area contributed by atoms with Gasteiger partial charge in [0.05, 0.1) is 26.4 Å². The van der Waals surface area contributed by atoms with Gasteiger partial charge in [-0.15, -0.1) is 0 Å². The van der Waals surface area contributed by atoms with E-state index in [4.69, 9.17) is 37.0 Å². The molecule has 0 saturated carbocycles. The largest absolute Gasteiger partial charge is 0.472 e. The number of aliphatic hydroxyl groups excluding tert-OH is 1. The van der Waals surface area contributed by atoms with Crippen LogP contribution in [-0.2, 0) is 65.4 Å². The van der Waals surface area contributed by atoms with Crippen LogP contribution in [0.5, 0.6) is 0 Å². The van der Waals surface area contributed by atoms with E-state index in [1.165, 1.54) is 263 Å². The molecule has 0 aromatic carbocycles. The van der Waals surface area contributed by atoms with Crippen LogP contribution in [0.1, 0.15) is 452 Å². The molecule has 0 radical (unpaired) electrons. The summed E-state index contributed by atoms with van der Waals surface area (Å²) in [6, 6.07) is 0. The fourth-order valence-corrected chi connectivity index (χ4v) is 14.8. The van der Waals surface area contributed by atoms with Crippen molar-refractivity contribution in [3.05, 3.63) is 0 Å². The zero-order valence-corrected chi connectivity index (χ0v) is 70.1. The molecule has 0 aliphatic heterocycles. The first-order chi connectivity index (χ1) is 50.4. The summed E-state index contributed by atoms with van der Waals surface area (Å²) < 4.78 is 68.6. The smallest absolute Gasteiger partial charge is 0.462 e. The third-order valence-electron chi connectivity index (χ3n) is 20.3. The van der Waals surface area contributed by atoms with Gasteiger partial charge in [-0.2, -0.15) is 0 Å². The first-order valence-corrected chi connectivity index (χ1v) is 47.0. The molecular formula is C85H166O17P2. The van der Waals surface area contributed by atoms with Crippen LogP contribution in [0, 0.1) is 11.8 Å². The third-order valence-corrected chi connectivity index (χ3v) is 22.2. The zero-order chi connectivity index (χ0) is 76.4. The Balaban J connectivity index is 5.10. The molecule has 0 bridgehead atoms. The second kappa shape index (κ2) is 76.4. The van der Waals surface area contributed by atoms with E-state index in [-0.39, 0.29) is 25.7 Å². The summed E-state index contributed by atoms with van der Waals surface area (Å²) in [6.45, 7) is 9.66. The van der Waals surface area contributed by atoms with Crippen molar-refractivity contribution in [3.8, 4) is 0 Å². The van der Waals surface area contributed by atoms with Gasteiger partial charge in [0.25, 0.3) is 0 Å². The molecule has 0 saturated heterocycles.